The second kappa shape index (κ2) is 6.64. The molecule has 98 valence electrons. The number of aromatic hydroxyl groups is 1. The van der Waals surface area contributed by atoms with Crippen LogP contribution < -0.4 is 5.32 Å². The number of carbonyl (C=O) groups excluding carboxylic acids is 1. The SMILES string of the molecule is CCC(CNC(=O)Cc1cccc(O)c1)C(=O)O. The van der Waals surface area contributed by atoms with E-state index in [1.165, 1.54) is 12.1 Å². The van der Waals surface area contributed by atoms with E-state index < -0.39 is 11.9 Å². The molecule has 0 spiro atoms. The predicted molar refractivity (Wildman–Crippen MR) is 66.2 cm³/mol. The maximum atomic E-state index is 11.6. The van der Waals surface area contributed by atoms with Crippen LogP contribution in [-0.2, 0) is 16.0 Å². The van der Waals surface area contributed by atoms with Crippen molar-refractivity contribution in [1.29, 1.82) is 0 Å². The van der Waals surface area contributed by atoms with Gasteiger partial charge in [0.05, 0.1) is 12.3 Å². The number of aliphatic carboxylic acids is 1. The highest BCUT2D eigenvalue weighted by Gasteiger charge is 2.15. The Hall–Kier alpha value is -2.04. The molecule has 0 saturated heterocycles. The first-order chi connectivity index (χ1) is 8.52. The highest BCUT2D eigenvalue weighted by molar-refractivity contribution is 5.79. The van der Waals surface area contributed by atoms with E-state index in [0.717, 1.165) is 0 Å². The van der Waals surface area contributed by atoms with Crippen LogP contribution >= 0.6 is 0 Å². The van der Waals surface area contributed by atoms with Gasteiger partial charge in [-0.2, -0.15) is 0 Å². The summed E-state index contributed by atoms with van der Waals surface area (Å²) in [6.07, 6.45) is 0.603. The van der Waals surface area contributed by atoms with Crippen LogP contribution in [0.1, 0.15) is 18.9 Å². The fourth-order valence-electron chi connectivity index (χ4n) is 1.56. The van der Waals surface area contributed by atoms with Gasteiger partial charge in [0.25, 0.3) is 0 Å². The van der Waals surface area contributed by atoms with Crippen molar-refractivity contribution in [3.8, 4) is 5.75 Å². The van der Waals surface area contributed by atoms with Crippen LogP contribution in [0, 0.1) is 5.92 Å². The van der Waals surface area contributed by atoms with Crippen molar-refractivity contribution in [3.05, 3.63) is 29.8 Å². The van der Waals surface area contributed by atoms with E-state index in [4.69, 9.17) is 5.11 Å². The molecule has 1 unspecified atom stereocenters. The molecule has 0 radical (unpaired) electrons. The minimum absolute atomic E-state index is 0.109. The zero-order chi connectivity index (χ0) is 13.5. The van der Waals surface area contributed by atoms with Crippen molar-refractivity contribution in [3.63, 3.8) is 0 Å². The lowest BCUT2D eigenvalue weighted by atomic mass is 10.1. The molecule has 0 aliphatic heterocycles. The Labute approximate surface area is 105 Å². The Morgan fingerprint density at radius 1 is 1.39 bits per heavy atom. The first-order valence-electron chi connectivity index (χ1n) is 5.80. The van der Waals surface area contributed by atoms with E-state index in [2.05, 4.69) is 5.32 Å². The minimum Gasteiger partial charge on any atom is -0.508 e. The first-order valence-corrected chi connectivity index (χ1v) is 5.80. The molecule has 0 fully saturated rings. The maximum Gasteiger partial charge on any atom is 0.308 e. The number of carbonyl (C=O) groups is 2. The fraction of sp³-hybridized carbons (Fsp3) is 0.385. The van der Waals surface area contributed by atoms with Crippen LogP contribution in [0.3, 0.4) is 0 Å². The molecule has 18 heavy (non-hydrogen) atoms. The number of phenolic OH excluding ortho intramolecular Hbond substituents is 1. The Kier molecular flexibility index (Phi) is 5.17. The molecule has 5 heteroatoms. The van der Waals surface area contributed by atoms with Gasteiger partial charge in [-0.1, -0.05) is 19.1 Å². The van der Waals surface area contributed by atoms with Gasteiger partial charge in [-0.05, 0) is 24.1 Å². The number of rotatable bonds is 6. The van der Waals surface area contributed by atoms with E-state index >= 15 is 0 Å². The van der Waals surface area contributed by atoms with Crippen LogP contribution in [0.4, 0.5) is 0 Å². The van der Waals surface area contributed by atoms with Crippen LogP contribution in [0.2, 0.25) is 0 Å². The number of carboxylic acid groups (broad SMARTS) is 1. The molecule has 0 aromatic heterocycles. The van der Waals surface area contributed by atoms with Crippen LogP contribution in [0.15, 0.2) is 24.3 Å². The van der Waals surface area contributed by atoms with Gasteiger partial charge in [-0.15, -0.1) is 0 Å². The third kappa shape index (κ3) is 4.45. The zero-order valence-corrected chi connectivity index (χ0v) is 10.2. The topological polar surface area (TPSA) is 86.6 Å². The number of nitrogens with one attached hydrogen (secondary N) is 1. The van der Waals surface area contributed by atoms with Gasteiger partial charge in [-0.25, -0.2) is 0 Å². The molecule has 5 nitrogen and oxygen atoms in total. The second-order valence-corrected chi connectivity index (χ2v) is 4.09. The molecule has 1 aromatic carbocycles. The van der Waals surface area contributed by atoms with Crippen molar-refractivity contribution in [2.75, 3.05) is 6.54 Å². The molecule has 0 bridgehead atoms. The first kappa shape index (κ1) is 14.0. The summed E-state index contributed by atoms with van der Waals surface area (Å²) in [5, 5.41) is 20.7. The number of phenols is 1. The lowest BCUT2D eigenvalue weighted by molar-refractivity contribution is -0.141. The van der Waals surface area contributed by atoms with Gasteiger partial charge in [0.1, 0.15) is 5.75 Å². The molecule has 0 aliphatic carbocycles. The third-order valence-corrected chi connectivity index (χ3v) is 2.66. The largest absolute Gasteiger partial charge is 0.508 e. The molecule has 3 N–H and O–H groups in total. The standard InChI is InChI=1S/C13H17NO4/c1-2-10(13(17)18)8-14-12(16)7-9-4-3-5-11(15)6-9/h3-6,10,15H,2,7-8H2,1H3,(H,14,16)(H,17,18). The Morgan fingerprint density at radius 3 is 2.67 bits per heavy atom. The van der Waals surface area contributed by atoms with Crippen molar-refractivity contribution in [2.24, 2.45) is 5.92 Å². The van der Waals surface area contributed by atoms with Crippen molar-refractivity contribution >= 4 is 11.9 Å². The van der Waals surface area contributed by atoms with Crippen molar-refractivity contribution < 1.29 is 19.8 Å². The highest BCUT2D eigenvalue weighted by Crippen LogP contribution is 2.11. The fourth-order valence-corrected chi connectivity index (χ4v) is 1.56. The summed E-state index contributed by atoms with van der Waals surface area (Å²) < 4.78 is 0. The average molecular weight is 251 g/mol. The van der Waals surface area contributed by atoms with Crippen molar-refractivity contribution in [1.82, 2.24) is 5.32 Å². The van der Waals surface area contributed by atoms with Gasteiger partial charge < -0.3 is 15.5 Å². The Morgan fingerprint density at radius 2 is 2.11 bits per heavy atom. The van der Waals surface area contributed by atoms with Gasteiger partial charge in [0.15, 0.2) is 0 Å². The minimum atomic E-state index is -0.907. The lowest BCUT2D eigenvalue weighted by Gasteiger charge is -2.11. The summed E-state index contributed by atoms with van der Waals surface area (Å²) in [6.45, 7) is 1.89. The maximum absolute atomic E-state index is 11.6. The molecule has 0 saturated carbocycles. The molecular formula is C13H17NO4. The molecule has 1 atom stereocenters. The summed E-state index contributed by atoms with van der Waals surface area (Å²) >= 11 is 0. The molecule has 0 heterocycles. The van der Waals surface area contributed by atoms with Crippen LogP contribution in [-0.4, -0.2) is 28.6 Å². The third-order valence-electron chi connectivity index (χ3n) is 2.66. The molecular weight excluding hydrogens is 234 g/mol. The zero-order valence-electron chi connectivity index (χ0n) is 10.2. The molecule has 1 amide bonds. The number of benzene rings is 1. The Bertz CT molecular complexity index is 431. The predicted octanol–water partition coefficient (Wildman–Crippen LogP) is 1.16. The summed E-state index contributed by atoms with van der Waals surface area (Å²) in [7, 11) is 0. The van der Waals surface area contributed by atoms with Crippen LogP contribution in [0.25, 0.3) is 0 Å². The van der Waals surface area contributed by atoms with E-state index in [9.17, 15) is 14.7 Å². The smallest absolute Gasteiger partial charge is 0.308 e. The average Bonchev–Trinajstić information content (AvgIpc) is 2.29. The summed E-state index contributed by atoms with van der Waals surface area (Å²) in [6, 6.07) is 6.42. The molecule has 1 rings (SSSR count). The number of carboxylic acids is 1. The van der Waals surface area contributed by atoms with E-state index in [0.29, 0.717) is 12.0 Å². The van der Waals surface area contributed by atoms with Crippen LogP contribution in [0.5, 0.6) is 5.75 Å². The highest BCUT2D eigenvalue weighted by atomic mass is 16.4. The lowest BCUT2D eigenvalue weighted by Crippen LogP contribution is -2.33. The van der Waals surface area contributed by atoms with E-state index in [-0.39, 0.29) is 24.6 Å². The van der Waals surface area contributed by atoms with E-state index in [1.54, 1.807) is 19.1 Å². The summed E-state index contributed by atoms with van der Waals surface area (Å²) in [5.74, 6) is -1.61. The quantitative estimate of drug-likeness (QED) is 0.708. The summed E-state index contributed by atoms with van der Waals surface area (Å²) in [4.78, 5) is 22.3. The number of hydrogen-bond acceptors (Lipinski definition) is 3. The van der Waals surface area contributed by atoms with Gasteiger partial charge >= 0.3 is 5.97 Å². The van der Waals surface area contributed by atoms with E-state index in [1.807, 2.05) is 0 Å². The van der Waals surface area contributed by atoms with Crippen molar-refractivity contribution in [2.45, 2.75) is 19.8 Å². The number of hydrogen-bond donors (Lipinski definition) is 3. The summed E-state index contributed by atoms with van der Waals surface area (Å²) in [5.41, 5.74) is 0.691. The second-order valence-electron chi connectivity index (χ2n) is 4.09. The molecule has 0 aliphatic rings. The Balaban J connectivity index is 2.45. The van der Waals surface area contributed by atoms with Gasteiger partial charge in [-0.3, -0.25) is 9.59 Å². The monoisotopic (exact) mass is 251 g/mol. The normalized spacial score (nSPS) is 11.8. The van der Waals surface area contributed by atoms with Gasteiger partial charge in [0, 0.05) is 6.54 Å². The molecule has 1 aromatic rings. The number of amides is 1. The van der Waals surface area contributed by atoms with Gasteiger partial charge in [0.2, 0.25) is 5.91 Å².